The lowest BCUT2D eigenvalue weighted by molar-refractivity contribution is -0.124. The first kappa shape index (κ1) is 11.8. The molecule has 2 aliphatic heterocycles. The van der Waals surface area contributed by atoms with Gasteiger partial charge in [-0.25, -0.2) is 4.79 Å². The Morgan fingerprint density at radius 1 is 1.21 bits per heavy atom. The van der Waals surface area contributed by atoms with Crippen molar-refractivity contribution in [2.75, 3.05) is 13.6 Å². The fraction of sp³-hybridized carbons (Fsp3) is 0.286. The van der Waals surface area contributed by atoms with E-state index in [0.717, 1.165) is 11.1 Å². The lowest BCUT2D eigenvalue weighted by atomic mass is 9.95. The number of hydrogen-bond donors (Lipinski definition) is 2. The first-order valence-electron chi connectivity index (χ1n) is 6.19. The Morgan fingerprint density at radius 2 is 1.89 bits per heavy atom. The smallest absolute Gasteiger partial charge is 0.319 e. The molecule has 5 nitrogen and oxygen atoms in total. The van der Waals surface area contributed by atoms with Gasteiger partial charge in [0.2, 0.25) is 0 Å². The van der Waals surface area contributed by atoms with Crippen LogP contribution in [0.25, 0.3) is 0 Å². The van der Waals surface area contributed by atoms with E-state index in [-0.39, 0.29) is 18.0 Å². The Morgan fingerprint density at radius 3 is 2.58 bits per heavy atom. The minimum Gasteiger partial charge on any atom is -0.336 e. The maximum Gasteiger partial charge on any atom is 0.319 e. The summed E-state index contributed by atoms with van der Waals surface area (Å²) in [5.74, 6) is -0.0342. The maximum absolute atomic E-state index is 12.2. The molecule has 0 unspecified atom stereocenters. The molecule has 1 atom stereocenters. The lowest BCUT2D eigenvalue weighted by Gasteiger charge is -2.25. The molecule has 2 N–H and O–H groups in total. The van der Waals surface area contributed by atoms with E-state index >= 15 is 0 Å². The van der Waals surface area contributed by atoms with Gasteiger partial charge in [0.1, 0.15) is 0 Å². The lowest BCUT2D eigenvalue weighted by Crippen LogP contribution is -2.44. The second-order valence-corrected chi connectivity index (χ2v) is 5.00. The Kier molecular flexibility index (Phi) is 2.55. The predicted molar refractivity (Wildman–Crippen MR) is 70.3 cm³/mol. The molecule has 0 saturated heterocycles. The average molecular weight is 257 g/mol. The molecule has 98 valence electrons. The van der Waals surface area contributed by atoms with E-state index in [1.807, 2.05) is 31.2 Å². The van der Waals surface area contributed by atoms with Gasteiger partial charge < -0.3 is 15.5 Å². The van der Waals surface area contributed by atoms with Gasteiger partial charge in [-0.1, -0.05) is 29.8 Å². The zero-order valence-corrected chi connectivity index (χ0v) is 10.9. The van der Waals surface area contributed by atoms with Gasteiger partial charge in [0, 0.05) is 7.05 Å². The summed E-state index contributed by atoms with van der Waals surface area (Å²) >= 11 is 0. The quantitative estimate of drug-likeness (QED) is 0.790. The Bertz CT molecular complexity index is 589. The highest BCUT2D eigenvalue weighted by Gasteiger charge is 2.38. The fourth-order valence-corrected chi connectivity index (χ4v) is 2.52. The average Bonchev–Trinajstić information content (AvgIpc) is 2.65. The SMILES string of the molecule is Cc1ccc([C@H]2NC(=O)NC3=C2C(=O)N(C)C3)cc1. The highest BCUT2D eigenvalue weighted by molar-refractivity contribution is 6.01. The summed E-state index contributed by atoms with van der Waals surface area (Å²) in [6.45, 7) is 2.47. The van der Waals surface area contributed by atoms with E-state index in [1.54, 1.807) is 11.9 Å². The van der Waals surface area contributed by atoms with Gasteiger partial charge in [0.25, 0.3) is 5.91 Å². The molecule has 0 aliphatic carbocycles. The largest absolute Gasteiger partial charge is 0.336 e. The van der Waals surface area contributed by atoms with E-state index in [4.69, 9.17) is 0 Å². The van der Waals surface area contributed by atoms with Crippen molar-refractivity contribution in [3.63, 3.8) is 0 Å². The van der Waals surface area contributed by atoms with Gasteiger partial charge in [-0.2, -0.15) is 0 Å². The van der Waals surface area contributed by atoms with Crippen LogP contribution < -0.4 is 10.6 Å². The molecular formula is C14H15N3O2. The topological polar surface area (TPSA) is 61.4 Å². The first-order valence-corrected chi connectivity index (χ1v) is 6.19. The Balaban J connectivity index is 2.04. The third kappa shape index (κ3) is 1.87. The molecule has 2 aliphatic rings. The third-order valence-electron chi connectivity index (χ3n) is 3.54. The van der Waals surface area contributed by atoms with Crippen molar-refractivity contribution in [2.24, 2.45) is 0 Å². The molecule has 0 bridgehead atoms. The highest BCUT2D eigenvalue weighted by atomic mass is 16.2. The van der Waals surface area contributed by atoms with Gasteiger partial charge >= 0.3 is 6.03 Å². The van der Waals surface area contributed by atoms with Gasteiger partial charge in [0.15, 0.2) is 0 Å². The van der Waals surface area contributed by atoms with E-state index in [0.29, 0.717) is 17.8 Å². The number of carbonyl (C=O) groups excluding carboxylic acids is 2. The summed E-state index contributed by atoms with van der Waals surface area (Å²) < 4.78 is 0. The predicted octanol–water partition coefficient (Wildman–Crippen LogP) is 1.08. The summed E-state index contributed by atoms with van der Waals surface area (Å²) in [7, 11) is 1.74. The molecule has 0 saturated carbocycles. The van der Waals surface area contributed by atoms with Crippen LogP contribution in [0.5, 0.6) is 0 Å². The van der Waals surface area contributed by atoms with Gasteiger partial charge in [-0.05, 0) is 12.5 Å². The number of rotatable bonds is 1. The van der Waals surface area contributed by atoms with E-state index < -0.39 is 0 Å². The van der Waals surface area contributed by atoms with Crippen molar-refractivity contribution < 1.29 is 9.59 Å². The number of likely N-dealkylation sites (N-methyl/N-ethyl adjacent to an activating group) is 1. The Labute approximate surface area is 111 Å². The summed E-state index contributed by atoms with van der Waals surface area (Å²) in [5.41, 5.74) is 3.43. The van der Waals surface area contributed by atoms with Crippen LogP contribution in [-0.2, 0) is 4.79 Å². The van der Waals surface area contributed by atoms with Crippen molar-refractivity contribution in [3.05, 3.63) is 46.7 Å². The third-order valence-corrected chi connectivity index (χ3v) is 3.54. The van der Waals surface area contributed by atoms with Gasteiger partial charge in [0.05, 0.1) is 23.9 Å². The van der Waals surface area contributed by atoms with Crippen LogP contribution in [-0.4, -0.2) is 30.4 Å². The van der Waals surface area contributed by atoms with Crippen LogP contribution in [0.2, 0.25) is 0 Å². The monoisotopic (exact) mass is 257 g/mol. The van der Waals surface area contributed by atoms with Gasteiger partial charge in [-0.3, -0.25) is 4.79 Å². The summed E-state index contributed by atoms with van der Waals surface area (Å²) in [5, 5.41) is 5.54. The van der Waals surface area contributed by atoms with Crippen molar-refractivity contribution in [1.82, 2.24) is 15.5 Å². The molecule has 0 spiro atoms. The number of carbonyl (C=O) groups is 2. The molecule has 2 heterocycles. The van der Waals surface area contributed by atoms with Crippen LogP contribution in [0.1, 0.15) is 17.2 Å². The molecule has 3 rings (SSSR count). The Hall–Kier alpha value is -2.30. The number of nitrogens with one attached hydrogen (secondary N) is 2. The molecule has 5 heteroatoms. The fourth-order valence-electron chi connectivity index (χ4n) is 2.52. The van der Waals surface area contributed by atoms with Crippen LogP contribution in [0.4, 0.5) is 4.79 Å². The van der Waals surface area contributed by atoms with Crippen molar-refractivity contribution in [2.45, 2.75) is 13.0 Å². The van der Waals surface area contributed by atoms with Crippen molar-refractivity contribution >= 4 is 11.9 Å². The maximum atomic E-state index is 12.2. The molecule has 0 aromatic heterocycles. The molecular weight excluding hydrogens is 242 g/mol. The molecule has 1 aromatic rings. The van der Waals surface area contributed by atoms with Crippen LogP contribution in [0, 0.1) is 6.92 Å². The van der Waals surface area contributed by atoms with Crippen LogP contribution in [0.15, 0.2) is 35.5 Å². The first-order chi connectivity index (χ1) is 9.06. The molecule has 3 amide bonds. The van der Waals surface area contributed by atoms with Crippen LogP contribution >= 0.6 is 0 Å². The van der Waals surface area contributed by atoms with E-state index in [9.17, 15) is 9.59 Å². The molecule has 0 radical (unpaired) electrons. The number of benzene rings is 1. The highest BCUT2D eigenvalue weighted by Crippen LogP contribution is 2.31. The second kappa shape index (κ2) is 4.12. The summed E-state index contributed by atoms with van der Waals surface area (Å²) in [6.07, 6.45) is 0. The zero-order chi connectivity index (χ0) is 13.6. The minimum absolute atomic E-state index is 0.0342. The standard InChI is InChI=1S/C14H15N3O2/c1-8-3-5-9(6-4-8)12-11-10(15-14(19)16-12)7-17(2)13(11)18/h3-6,12H,7H2,1-2H3,(H2,15,16,19)/t12-/m1/s1. The molecule has 1 aromatic carbocycles. The second-order valence-electron chi connectivity index (χ2n) is 5.00. The molecule has 0 fully saturated rings. The summed E-state index contributed by atoms with van der Waals surface area (Å²) in [6, 6.07) is 7.23. The van der Waals surface area contributed by atoms with Gasteiger partial charge in [-0.15, -0.1) is 0 Å². The number of amides is 3. The number of nitrogens with zero attached hydrogens (tertiary/aromatic N) is 1. The minimum atomic E-state index is -0.359. The van der Waals surface area contributed by atoms with E-state index in [1.165, 1.54) is 0 Å². The van der Waals surface area contributed by atoms with Crippen molar-refractivity contribution in [1.29, 1.82) is 0 Å². The molecule has 19 heavy (non-hydrogen) atoms. The number of urea groups is 1. The summed E-state index contributed by atoms with van der Waals surface area (Å²) in [4.78, 5) is 25.5. The number of aryl methyl sites for hydroxylation is 1. The van der Waals surface area contributed by atoms with Crippen LogP contribution in [0.3, 0.4) is 0 Å². The normalized spacial score (nSPS) is 22.2. The van der Waals surface area contributed by atoms with Crippen molar-refractivity contribution in [3.8, 4) is 0 Å². The zero-order valence-electron chi connectivity index (χ0n) is 10.9. The van der Waals surface area contributed by atoms with E-state index in [2.05, 4.69) is 10.6 Å². The number of hydrogen-bond acceptors (Lipinski definition) is 2.